The predicted molar refractivity (Wildman–Crippen MR) is 123 cm³/mol. The van der Waals surface area contributed by atoms with Gasteiger partial charge < -0.3 is 4.90 Å². The van der Waals surface area contributed by atoms with Crippen LogP contribution in [0.25, 0.3) is 0 Å². The number of anilines is 1. The van der Waals surface area contributed by atoms with Crippen LogP contribution < -0.4 is 4.90 Å². The summed E-state index contributed by atoms with van der Waals surface area (Å²) in [5.41, 5.74) is 1.28. The monoisotopic (exact) mass is 371 g/mol. The lowest BCUT2D eigenvalue weighted by molar-refractivity contribution is 0.530. The minimum atomic E-state index is 1.12. The van der Waals surface area contributed by atoms with Crippen LogP contribution in [0.2, 0.25) is 0 Å². The third-order valence-electron chi connectivity index (χ3n) is 5.52. The summed E-state index contributed by atoms with van der Waals surface area (Å²) in [7, 11) is 2.15. The standard InChI is InChI=1S/C26H45N/c1-3-4-5-6-7-8-9-10-11-12-13-14-15-16-17-18-22-25-27(2)26-23-20-19-21-24-26/h19-21,23-25H,1,3-18,22H2,2H3. The van der Waals surface area contributed by atoms with E-state index in [1.165, 1.54) is 108 Å². The van der Waals surface area contributed by atoms with Crippen molar-refractivity contribution >= 4 is 5.69 Å². The molecular formula is C26H45N. The summed E-state index contributed by atoms with van der Waals surface area (Å²) in [6.07, 6.45) is 23.6. The molecule has 0 aromatic heterocycles. The van der Waals surface area contributed by atoms with Gasteiger partial charge in [-0.3, -0.25) is 0 Å². The number of unbranched alkanes of at least 4 members (excludes halogenated alkanes) is 16. The Morgan fingerprint density at radius 1 is 0.630 bits per heavy atom. The molecule has 0 aliphatic rings. The summed E-state index contributed by atoms with van der Waals surface area (Å²) >= 11 is 0. The second-order valence-electron chi connectivity index (χ2n) is 8.07. The Bertz CT molecular complexity index is 400. The normalized spacial score (nSPS) is 11.0. The largest absolute Gasteiger partial charge is 0.370 e. The Hall–Kier alpha value is -0.980. The molecule has 1 rings (SSSR count). The van der Waals surface area contributed by atoms with E-state index in [0.717, 1.165) is 6.42 Å². The third kappa shape index (κ3) is 14.7. The molecule has 0 aliphatic carbocycles. The van der Waals surface area contributed by atoms with E-state index in [2.05, 4.69) is 55.7 Å². The molecule has 0 atom stereocenters. The lowest BCUT2D eigenvalue weighted by atomic mass is 10.0. The van der Waals surface area contributed by atoms with Gasteiger partial charge in [-0.15, -0.1) is 0 Å². The molecule has 1 aromatic rings. The molecule has 0 aliphatic heterocycles. The number of hydrogen-bond acceptors (Lipinski definition) is 1. The Labute approximate surface area is 170 Å². The fraction of sp³-hybridized carbons (Fsp3) is 0.692. The van der Waals surface area contributed by atoms with Crippen molar-refractivity contribution in [3.63, 3.8) is 0 Å². The van der Waals surface area contributed by atoms with Crippen LogP contribution in [0.1, 0.15) is 109 Å². The maximum Gasteiger partial charge on any atom is 0.0490 e. The summed E-state index contributed by atoms with van der Waals surface area (Å²) in [4.78, 5) is 2.25. The van der Waals surface area contributed by atoms with Gasteiger partial charge in [0, 0.05) is 19.3 Å². The maximum absolute atomic E-state index is 3.91. The minimum absolute atomic E-state index is 1.12. The molecule has 0 amide bonds. The number of nitrogens with zero attached hydrogens (tertiary/aromatic N) is 1. The molecule has 0 N–H and O–H groups in total. The average Bonchev–Trinajstić information content (AvgIpc) is 2.70. The van der Waals surface area contributed by atoms with Crippen molar-refractivity contribution in [3.05, 3.63) is 43.8 Å². The van der Waals surface area contributed by atoms with Gasteiger partial charge in [0.05, 0.1) is 0 Å². The zero-order valence-corrected chi connectivity index (χ0v) is 18.1. The first kappa shape index (κ1) is 24.1. The molecule has 0 unspecified atom stereocenters. The van der Waals surface area contributed by atoms with Gasteiger partial charge in [0.1, 0.15) is 0 Å². The third-order valence-corrected chi connectivity index (χ3v) is 5.52. The lowest BCUT2D eigenvalue weighted by Crippen LogP contribution is -2.12. The first-order valence-electron chi connectivity index (χ1n) is 11.7. The molecule has 0 saturated carbocycles. The van der Waals surface area contributed by atoms with E-state index in [4.69, 9.17) is 0 Å². The molecular weight excluding hydrogens is 326 g/mol. The molecule has 0 spiro atoms. The van der Waals surface area contributed by atoms with Gasteiger partial charge in [0.2, 0.25) is 0 Å². The van der Waals surface area contributed by atoms with Crippen LogP contribution in [-0.2, 0) is 0 Å². The highest BCUT2D eigenvalue weighted by molar-refractivity contribution is 5.46. The van der Waals surface area contributed by atoms with Crippen LogP contribution in [0.3, 0.4) is 0 Å². The average molecular weight is 372 g/mol. The molecule has 1 nitrogen and oxygen atoms in total. The Balaban J connectivity index is 1.74. The van der Waals surface area contributed by atoms with Crippen LogP contribution in [0.4, 0.5) is 5.69 Å². The summed E-state index contributed by atoms with van der Waals surface area (Å²) in [6.45, 7) is 6.24. The van der Waals surface area contributed by atoms with Crippen LogP contribution in [0, 0.1) is 13.5 Å². The van der Waals surface area contributed by atoms with Gasteiger partial charge in [0.15, 0.2) is 0 Å². The second kappa shape index (κ2) is 18.4. The van der Waals surface area contributed by atoms with E-state index >= 15 is 0 Å². The fourth-order valence-electron chi connectivity index (χ4n) is 3.67. The van der Waals surface area contributed by atoms with Gasteiger partial charge >= 0.3 is 0 Å². The van der Waals surface area contributed by atoms with Gasteiger partial charge in [-0.2, -0.15) is 0 Å². The quantitative estimate of drug-likeness (QED) is 0.220. The van der Waals surface area contributed by atoms with E-state index in [1.54, 1.807) is 0 Å². The summed E-state index contributed by atoms with van der Waals surface area (Å²) in [5.74, 6) is 0. The first-order chi connectivity index (χ1) is 13.3. The first-order valence-corrected chi connectivity index (χ1v) is 11.7. The van der Waals surface area contributed by atoms with Crippen LogP contribution in [0.5, 0.6) is 0 Å². The molecule has 0 heterocycles. The summed E-state index contributed by atoms with van der Waals surface area (Å²) < 4.78 is 0. The van der Waals surface area contributed by atoms with Crippen molar-refractivity contribution in [1.82, 2.24) is 0 Å². The molecule has 1 aromatic carbocycles. The highest BCUT2D eigenvalue weighted by Crippen LogP contribution is 2.16. The van der Waals surface area contributed by atoms with Crippen molar-refractivity contribution in [1.29, 1.82) is 0 Å². The number of rotatable bonds is 19. The second-order valence-corrected chi connectivity index (χ2v) is 8.07. The number of benzene rings is 1. The van der Waals surface area contributed by atoms with E-state index in [-0.39, 0.29) is 0 Å². The molecule has 0 saturated heterocycles. The molecule has 0 fully saturated rings. The Morgan fingerprint density at radius 3 is 1.48 bits per heavy atom. The fourth-order valence-corrected chi connectivity index (χ4v) is 3.67. The van der Waals surface area contributed by atoms with Gasteiger partial charge in [-0.05, 0) is 18.6 Å². The topological polar surface area (TPSA) is 3.24 Å². The van der Waals surface area contributed by atoms with E-state index in [0.29, 0.717) is 0 Å². The predicted octanol–water partition coefficient (Wildman–Crippen LogP) is 8.75. The zero-order valence-electron chi connectivity index (χ0n) is 18.1. The van der Waals surface area contributed by atoms with Crippen LogP contribution >= 0.6 is 0 Å². The minimum Gasteiger partial charge on any atom is -0.370 e. The molecule has 27 heavy (non-hydrogen) atoms. The van der Waals surface area contributed by atoms with Crippen molar-refractivity contribution in [2.45, 2.75) is 109 Å². The van der Waals surface area contributed by atoms with Gasteiger partial charge in [-0.1, -0.05) is 128 Å². The smallest absolute Gasteiger partial charge is 0.0490 e. The zero-order chi connectivity index (χ0) is 19.4. The van der Waals surface area contributed by atoms with Crippen molar-refractivity contribution in [2.24, 2.45) is 0 Å². The van der Waals surface area contributed by atoms with E-state index < -0.39 is 0 Å². The molecule has 0 bridgehead atoms. The summed E-state index contributed by atoms with van der Waals surface area (Å²) in [5, 5.41) is 0. The lowest BCUT2D eigenvalue weighted by Gasteiger charge is -2.18. The van der Waals surface area contributed by atoms with Crippen LogP contribution in [-0.4, -0.2) is 7.05 Å². The van der Waals surface area contributed by atoms with Gasteiger partial charge in [-0.25, -0.2) is 0 Å². The molecule has 1 heteroatoms. The number of hydrogen-bond donors (Lipinski definition) is 0. The Kier molecular flexibility index (Phi) is 16.4. The number of para-hydroxylation sites is 1. The molecule has 154 valence electrons. The molecule has 2 radical (unpaired) electrons. The Morgan fingerprint density at radius 2 is 1.04 bits per heavy atom. The SMILES string of the molecule is [CH2]CCCCCCCCCCCCCCCCC[CH]N(C)c1ccccc1. The van der Waals surface area contributed by atoms with Crippen molar-refractivity contribution in [3.8, 4) is 0 Å². The highest BCUT2D eigenvalue weighted by atomic mass is 15.1. The van der Waals surface area contributed by atoms with Crippen molar-refractivity contribution < 1.29 is 0 Å². The van der Waals surface area contributed by atoms with Crippen molar-refractivity contribution in [2.75, 3.05) is 11.9 Å². The van der Waals surface area contributed by atoms with E-state index in [1.807, 2.05) is 0 Å². The van der Waals surface area contributed by atoms with Gasteiger partial charge in [0.25, 0.3) is 0 Å². The van der Waals surface area contributed by atoms with E-state index in [9.17, 15) is 0 Å². The van der Waals surface area contributed by atoms with Crippen LogP contribution in [0.15, 0.2) is 30.3 Å². The summed E-state index contributed by atoms with van der Waals surface area (Å²) in [6, 6.07) is 10.6. The maximum atomic E-state index is 3.91. The highest BCUT2D eigenvalue weighted by Gasteiger charge is 2.00.